The maximum absolute atomic E-state index is 14.7. The molecule has 1 amide bonds. The summed E-state index contributed by atoms with van der Waals surface area (Å²) < 4.78 is 75.0. The van der Waals surface area contributed by atoms with Gasteiger partial charge in [0.05, 0.1) is 51.9 Å². The summed E-state index contributed by atoms with van der Waals surface area (Å²) in [5, 5.41) is 10.6. The molecule has 1 aliphatic rings. The minimum absolute atomic E-state index is 0.100. The highest BCUT2D eigenvalue weighted by atomic mass is 19.1. The van der Waals surface area contributed by atoms with Gasteiger partial charge in [-0.05, 0) is 40.8 Å². The number of rotatable bonds is 17. The molecule has 4 atom stereocenters. The first kappa shape index (κ1) is 38.0. The van der Waals surface area contributed by atoms with E-state index in [0.29, 0.717) is 18.7 Å². The largest absolute Gasteiger partial charge is 0.465 e. The standard InChI is InChI=1S/C40H44F4N2O5/c1-40(26-41,27-42)28-51-37-23-46(39(47)48)36(25-49-37)38(50-24-31-15-9-4-10-16-31)35(19-32-17-33(43)20-34(44)18-32)45(21-29-11-5-2-6-12-29)22-30-13-7-3-8-14-30/h2-18,20,35-38H,19,21-28H2,1H3,(H,47,48)/t35-,36?,37?,38-/m0/s1. The van der Waals surface area contributed by atoms with Crippen LogP contribution in [0.25, 0.3) is 0 Å². The molecule has 1 N–H and O–H groups in total. The third-order valence-electron chi connectivity index (χ3n) is 9.04. The monoisotopic (exact) mass is 708 g/mol. The highest BCUT2D eigenvalue weighted by Crippen LogP contribution is 2.29. The molecular weight excluding hydrogens is 664 g/mol. The van der Waals surface area contributed by atoms with E-state index in [1.165, 1.54) is 24.0 Å². The van der Waals surface area contributed by atoms with Crippen LogP contribution in [-0.2, 0) is 40.3 Å². The van der Waals surface area contributed by atoms with Crippen molar-refractivity contribution in [2.45, 2.75) is 57.5 Å². The number of morpholine rings is 1. The molecule has 0 spiro atoms. The molecule has 1 fully saturated rings. The van der Waals surface area contributed by atoms with Crippen LogP contribution in [0.5, 0.6) is 0 Å². The van der Waals surface area contributed by atoms with E-state index in [4.69, 9.17) is 14.2 Å². The zero-order valence-corrected chi connectivity index (χ0v) is 28.6. The molecule has 5 rings (SSSR count). The highest BCUT2D eigenvalue weighted by molar-refractivity contribution is 5.65. The van der Waals surface area contributed by atoms with Crippen molar-refractivity contribution < 1.29 is 41.7 Å². The lowest BCUT2D eigenvalue weighted by atomic mass is 9.92. The number of halogens is 4. The van der Waals surface area contributed by atoms with Crippen molar-refractivity contribution in [1.82, 2.24) is 9.80 Å². The minimum Gasteiger partial charge on any atom is -0.465 e. The zero-order chi connectivity index (χ0) is 36.2. The van der Waals surface area contributed by atoms with Gasteiger partial charge in [-0.1, -0.05) is 97.9 Å². The Labute approximate surface area is 296 Å². The number of hydrogen-bond acceptors (Lipinski definition) is 5. The van der Waals surface area contributed by atoms with Crippen LogP contribution in [-0.4, -0.2) is 78.6 Å². The van der Waals surface area contributed by atoms with Crippen LogP contribution < -0.4 is 0 Å². The average Bonchev–Trinajstić information content (AvgIpc) is 3.14. The number of carboxylic acid groups (broad SMARTS) is 1. The Balaban J connectivity index is 1.57. The van der Waals surface area contributed by atoms with Gasteiger partial charge in [0, 0.05) is 30.6 Å². The Bertz CT molecular complexity index is 1590. The fourth-order valence-electron chi connectivity index (χ4n) is 6.24. The summed E-state index contributed by atoms with van der Waals surface area (Å²) in [5.74, 6) is -1.46. The van der Waals surface area contributed by atoms with E-state index in [1.54, 1.807) is 0 Å². The summed E-state index contributed by atoms with van der Waals surface area (Å²) in [6.45, 7) is -0.340. The first-order chi connectivity index (χ1) is 24.7. The van der Waals surface area contributed by atoms with E-state index in [1.807, 2.05) is 91.0 Å². The van der Waals surface area contributed by atoms with Gasteiger partial charge < -0.3 is 19.3 Å². The predicted octanol–water partition coefficient (Wildman–Crippen LogP) is 7.83. The van der Waals surface area contributed by atoms with Crippen LogP contribution >= 0.6 is 0 Å². The first-order valence-electron chi connectivity index (χ1n) is 16.9. The van der Waals surface area contributed by atoms with Gasteiger partial charge in [-0.25, -0.2) is 13.6 Å². The molecule has 51 heavy (non-hydrogen) atoms. The zero-order valence-electron chi connectivity index (χ0n) is 28.6. The summed E-state index contributed by atoms with van der Waals surface area (Å²) in [6.07, 6.45) is -3.14. The van der Waals surface area contributed by atoms with Crippen molar-refractivity contribution in [3.63, 3.8) is 0 Å². The van der Waals surface area contributed by atoms with Gasteiger partial charge in [-0.3, -0.25) is 18.6 Å². The maximum atomic E-state index is 14.7. The van der Waals surface area contributed by atoms with Gasteiger partial charge in [0.25, 0.3) is 0 Å². The van der Waals surface area contributed by atoms with Gasteiger partial charge in [-0.15, -0.1) is 0 Å². The Morgan fingerprint density at radius 1 is 0.863 bits per heavy atom. The van der Waals surface area contributed by atoms with Gasteiger partial charge in [-0.2, -0.15) is 0 Å². The second-order valence-electron chi connectivity index (χ2n) is 13.3. The van der Waals surface area contributed by atoms with Gasteiger partial charge in [0.1, 0.15) is 11.6 Å². The molecule has 272 valence electrons. The lowest BCUT2D eigenvalue weighted by Gasteiger charge is -2.46. The molecule has 1 heterocycles. The van der Waals surface area contributed by atoms with Crippen LogP contribution in [0.1, 0.15) is 29.2 Å². The number of hydrogen-bond donors (Lipinski definition) is 1. The third kappa shape index (κ3) is 10.9. The van der Waals surface area contributed by atoms with Crippen LogP contribution in [0.3, 0.4) is 0 Å². The SMILES string of the molecule is CC(CF)(CF)COC1CN(C(=O)O)C([C@@H](OCc2ccccc2)[C@H](Cc2cc(F)cc(F)c2)N(Cc2ccccc2)Cc2ccccc2)CO1. The smallest absolute Gasteiger partial charge is 0.407 e. The van der Waals surface area contributed by atoms with Crippen molar-refractivity contribution in [2.24, 2.45) is 5.41 Å². The summed E-state index contributed by atoms with van der Waals surface area (Å²) in [5.41, 5.74) is 1.76. The number of nitrogens with zero attached hydrogens (tertiary/aromatic N) is 2. The molecule has 0 aliphatic carbocycles. The molecule has 4 aromatic rings. The normalized spacial score (nSPS) is 17.7. The maximum Gasteiger partial charge on any atom is 0.407 e. The summed E-state index contributed by atoms with van der Waals surface area (Å²) in [7, 11) is 0. The second kappa shape index (κ2) is 18.3. The molecule has 1 aliphatic heterocycles. The molecule has 11 heteroatoms. The Morgan fingerprint density at radius 2 is 1.39 bits per heavy atom. The topological polar surface area (TPSA) is 71.5 Å². The van der Waals surface area contributed by atoms with Crippen molar-refractivity contribution in [1.29, 1.82) is 0 Å². The Hall–Kier alpha value is -4.29. The van der Waals surface area contributed by atoms with Crippen molar-refractivity contribution in [2.75, 3.05) is 33.1 Å². The lowest BCUT2D eigenvalue weighted by molar-refractivity contribution is -0.219. The van der Waals surface area contributed by atoms with Crippen LogP contribution in [0.15, 0.2) is 109 Å². The average molecular weight is 709 g/mol. The molecule has 0 radical (unpaired) electrons. The number of carbonyl (C=O) groups is 1. The number of benzene rings is 4. The summed E-state index contributed by atoms with van der Waals surface area (Å²) in [4.78, 5) is 16.3. The second-order valence-corrected chi connectivity index (χ2v) is 13.3. The van der Waals surface area contributed by atoms with Crippen molar-refractivity contribution in [3.05, 3.63) is 143 Å². The number of ether oxygens (including phenoxy) is 3. The molecule has 0 aromatic heterocycles. The quantitative estimate of drug-likeness (QED) is 0.113. The molecule has 0 saturated carbocycles. The van der Waals surface area contributed by atoms with Crippen LogP contribution in [0.2, 0.25) is 0 Å². The van der Waals surface area contributed by atoms with Crippen molar-refractivity contribution in [3.8, 4) is 0 Å². The van der Waals surface area contributed by atoms with E-state index < -0.39 is 61.0 Å². The molecule has 1 saturated heterocycles. The molecular formula is C40H44F4N2O5. The van der Waals surface area contributed by atoms with Gasteiger partial charge in [0.2, 0.25) is 0 Å². The molecule has 0 bridgehead atoms. The summed E-state index contributed by atoms with van der Waals surface area (Å²) >= 11 is 0. The molecule has 7 nitrogen and oxygen atoms in total. The van der Waals surface area contributed by atoms with Crippen LogP contribution in [0, 0.1) is 17.0 Å². The van der Waals surface area contributed by atoms with E-state index in [0.717, 1.165) is 22.8 Å². The molecule has 2 unspecified atom stereocenters. The van der Waals surface area contributed by atoms with Crippen molar-refractivity contribution >= 4 is 6.09 Å². The Kier molecular flexibility index (Phi) is 13.6. The number of amides is 1. The molecule has 4 aromatic carbocycles. The van der Waals surface area contributed by atoms with Crippen LogP contribution in [0.4, 0.5) is 22.4 Å². The van der Waals surface area contributed by atoms with E-state index in [9.17, 15) is 27.5 Å². The highest BCUT2D eigenvalue weighted by Gasteiger charge is 2.44. The van der Waals surface area contributed by atoms with E-state index >= 15 is 0 Å². The van der Waals surface area contributed by atoms with Gasteiger partial charge >= 0.3 is 6.09 Å². The third-order valence-corrected chi connectivity index (χ3v) is 9.04. The van der Waals surface area contributed by atoms with E-state index in [-0.39, 0.29) is 32.8 Å². The van der Waals surface area contributed by atoms with Gasteiger partial charge in [0.15, 0.2) is 6.29 Å². The first-order valence-corrected chi connectivity index (χ1v) is 16.9. The fraction of sp³-hybridized carbons (Fsp3) is 0.375. The Morgan fingerprint density at radius 3 is 1.90 bits per heavy atom. The number of alkyl halides is 2. The minimum atomic E-state index is -1.39. The predicted molar refractivity (Wildman–Crippen MR) is 185 cm³/mol. The lowest BCUT2D eigenvalue weighted by Crippen LogP contribution is -2.62. The fourth-order valence-corrected chi connectivity index (χ4v) is 6.24. The van der Waals surface area contributed by atoms with E-state index in [2.05, 4.69) is 4.90 Å². The summed E-state index contributed by atoms with van der Waals surface area (Å²) in [6, 6.07) is 30.7.